The quantitative estimate of drug-likeness (QED) is 0.500. The molecule has 0 aliphatic heterocycles. The second-order valence-electron chi connectivity index (χ2n) is 3.83. The van der Waals surface area contributed by atoms with E-state index < -0.39 is 0 Å². The first-order chi connectivity index (χ1) is 9.66. The predicted octanol–water partition coefficient (Wildman–Crippen LogP) is 3.91. The van der Waals surface area contributed by atoms with Gasteiger partial charge in [0.1, 0.15) is 5.82 Å². The Morgan fingerprint density at radius 1 is 1.15 bits per heavy atom. The molecule has 2 aromatic rings. The van der Waals surface area contributed by atoms with Gasteiger partial charge in [0.25, 0.3) is 0 Å². The number of hydrogen-bond acceptors (Lipinski definition) is 2. The van der Waals surface area contributed by atoms with E-state index in [1.807, 2.05) is 24.3 Å². The Kier molecular flexibility index (Phi) is 5.20. The second-order valence-corrected chi connectivity index (χ2v) is 5.09. The first kappa shape index (κ1) is 14.6. The van der Waals surface area contributed by atoms with E-state index in [1.54, 1.807) is 24.4 Å². The van der Waals surface area contributed by atoms with E-state index in [4.69, 9.17) is 12.2 Å². The van der Waals surface area contributed by atoms with Gasteiger partial charge in [0.15, 0.2) is 5.11 Å². The third-order valence-electron chi connectivity index (χ3n) is 2.40. The van der Waals surface area contributed by atoms with Crippen LogP contribution in [-0.4, -0.2) is 11.3 Å². The highest BCUT2D eigenvalue weighted by molar-refractivity contribution is 9.10. The van der Waals surface area contributed by atoms with Gasteiger partial charge in [-0.25, -0.2) is 4.39 Å². The molecule has 102 valence electrons. The number of nitrogens with zero attached hydrogens (tertiary/aromatic N) is 1. The fourth-order valence-electron chi connectivity index (χ4n) is 1.45. The molecule has 0 spiro atoms. The van der Waals surface area contributed by atoms with E-state index in [2.05, 4.69) is 31.8 Å². The summed E-state index contributed by atoms with van der Waals surface area (Å²) in [5, 5.41) is 6.95. The fraction of sp³-hybridized carbons (Fsp3) is 0. The average molecular weight is 352 g/mol. The largest absolute Gasteiger partial charge is 0.329 e. The van der Waals surface area contributed by atoms with E-state index >= 15 is 0 Å². The van der Waals surface area contributed by atoms with E-state index in [-0.39, 0.29) is 10.9 Å². The van der Waals surface area contributed by atoms with E-state index in [0.717, 1.165) is 10.0 Å². The number of halogens is 2. The van der Waals surface area contributed by atoms with E-state index in [0.29, 0.717) is 5.69 Å². The highest BCUT2D eigenvalue weighted by atomic mass is 79.9. The highest BCUT2D eigenvalue weighted by Gasteiger charge is 2.01. The Hall–Kier alpha value is -1.79. The lowest BCUT2D eigenvalue weighted by Gasteiger charge is -2.07. The van der Waals surface area contributed by atoms with Crippen LogP contribution in [-0.2, 0) is 0 Å². The monoisotopic (exact) mass is 351 g/mol. The van der Waals surface area contributed by atoms with Crippen LogP contribution in [0.15, 0.2) is 58.1 Å². The van der Waals surface area contributed by atoms with Crippen LogP contribution in [0.2, 0.25) is 0 Å². The molecule has 6 heteroatoms. The zero-order valence-electron chi connectivity index (χ0n) is 10.3. The molecule has 0 amide bonds. The van der Waals surface area contributed by atoms with Gasteiger partial charge < -0.3 is 5.32 Å². The van der Waals surface area contributed by atoms with Crippen LogP contribution < -0.4 is 10.7 Å². The van der Waals surface area contributed by atoms with Crippen molar-refractivity contribution < 1.29 is 4.39 Å². The van der Waals surface area contributed by atoms with E-state index in [1.165, 1.54) is 6.07 Å². The minimum absolute atomic E-state index is 0.221. The molecule has 0 aromatic heterocycles. The van der Waals surface area contributed by atoms with Gasteiger partial charge in [-0.05, 0) is 30.4 Å². The zero-order valence-corrected chi connectivity index (χ0v) is 12.7. The highest BCUT2D eigenvalue weighted by Crippen LogP contribution is 2.13. The third kappa shape index (κ3) is 4.11. The maximum Gasteiger partial charge on any atom is 0.191 e. The molecule has 3 nitrogen and oxygen atoms in total. The third-order valence-corrected chi connectivity index (χ3v) is 3.31. The van der Waals surface area contributed by atoms with Crippen molar-refractivity contribution in [2.45, 2.75) is 0 Å². The van der Waals surface area contributed by atoms with Crippen molar-refractivity contribution in [2.75, 3.05) is 5.32 Å². The van der Waals surface area contributed by atoms with Gasteiger partial charge in [0.2, 0.25) is 0 Å². The van der Waals surface area contributed by atoms with E-state index in [9.17, 15) is 4.39 Å². The van der Waals surface area contributed by atoms with Gasteiger partial charge in [-0.1, -0.05) is 46.3 Å². The number of hydrogen-bond donors (Lipinski definition) is 2. The summed E-state index contributed by atoms with van der Waals surface area (Å²) in [5.41, 5.74) is 3.85. The van der Waals surface area contributed by atoms with Crippen LogP contribution in [0.3, 0.4) is 0 Å². The molecule has 2 rings (SSSR count). The topological polar surface area (TPSA) is 36.4 Å². The molecular formula is C14H11BrFN3S. The maximum absolute atomic E-state index is 13.4. The van der Waals surface area contributed by atoms with Crippen LogP contribution in [0.1, 0.15) is 5.56 Å². The Labute approximate surface area is 130 Å². The van der Waals surface area contributed by atoms with Crippen LogP contribution in [0, 0.1) is 5.82 Å². The molecule has 0 fully saturated rings. The Bertz CT molecular complexity index is 646. The normalized spacial score (nSPS) is 10.5. The zero-order chi connectivity index (χ0) is 14.4. The van der Waals surface area contributed by atoms with Crippen molar-refractivity contribution in [3.8, 4) is 0 Å². The second kappa shape index (κ2) is 7.12. The number of hydrazone groups is 1. The first-order valence-corrected chi connectivity index (χ1v) is 6.96. The SMILES string of the molecule is Fc1ccccc1NC(=S)N/N=C/c1ccccc1Br. The smallest absolute Gasteiger partial charge is 0.191 e. The first-order valence-electron chi connectivity index (χ1n) is 5.76. The summed E-state index contributed by atoms with van der Waals surface area (Å²) in [5.74, 6) is -0.369. The van der Waals surface area contributed by atoms with Crippen molar-refractivity contribution >= 4 is 45.2 Å². The summed E-state index contributed by atoms with van der Waals surface area (Å²) in [6, 6.07) is 13.9. The minimum atomic E-state index is -0.369. The molecule has 2 N–H and O–H groups in total. The summed E-state index contributed by atoms with van der Waals surface area (Å²) in [7, 11) is 0. The molecule has 0 heterocycles. The molecule has 0 saturated heterocycles. The molecule has 0 atom stereocenters. The molecule has 0 aliphatic carbocycles. The van der Waals surface area contributed by atoms with Crippen molar-refractivity contribution in [2.24, 2.45) is 5.10 Å². The van der Waals surface area contributed by atoms with Crippen molar-refractivity contribution in [3.05, 3.63) is 64.4 Å². The molecule has 0 aliphatic rings. The van der Waals surface area contributed by atoms with Gasteiger partial charge in [0.05, 0.1) is 11.9 Å². The maximum atomic E-state index is 13.4. The lowest BCUT2D eigenvalue weighted by atomic mass is 10.2. The van der Waals surface area contributed by atoms with Crippen molar-refractivity contribution in [1.82, 2.24) is 5.43 Å². The van der Waals surface area contributed by atoms with Gasteiger partial charge in [0, 0.05) is 10.0 Å². The Balaban J connectivity index is 1.93. The lowest BCUT2D eigenvalue weighted by Crippen LogP contribution is -2.24. The van der Waals surface area contributed by atoms with Crippen LogP contribution in [0.25, 0.3) is 0 Å². The summed E-state index contributed by atoms with van der Waals surface area (Å²) in [4.78, 5) is 0. The van der Waals surface area contributed by atoms with Crippen molar-refractivity contribution in [1.29, 1.82) is 0 Å². The molecule has 2 aromatic carbocycles. The minimum Gasteiger partial charge on any atom is -0.329 e. The predicted molar refractivity (Wildman–Crippen MR) is 87.5 cm³/mol. The molecule has 0 radical (unpaired) electrons. The molecule has 20 heavy (non-hydrogen) atoms. The molecule has 0 unspecified atom stereocenters. The summed E-state index contributed by atoms with van der Waals surface area (Å²) < 4.78 is 14.3. The Morgan fingerprint density at radius 2 is 1.85 bits per heavy atom. The standard InChI is InChI=1S/C14H11BrFN3S/c15-11-6-2-1-5-10(11)9-17-19-14(20)18-13-8-4-3-7-12(13)16/h1-9H,(H2,18,19,20)/b17-9+. The number of nitrogens with one attached hydrogen (secondary N) is 2. The van der Waals surface area contributed by atoms with Gasteiger partial charge in [-0.2, -0.15) is 5.10 Å². The fourth-order valence-corrected chi connectivity index (χ4v) is 2.00. The van der Waals surface area contributed by atoms with Crippen molar-refractivity contribution in [3.63, 3.8) is 0 Å². The van der Waals surface area contributed by atoms with Gasteiger partial charge in [-0.3, -0.25) is 5.43 Å². The number of anilines is 1. The summed E-state index contributed by atoms with van der Waals surface area (Å²) in [6.45, 7) is 0. The summed E-state index contributed by atoms with van der Waals surface area (Å²) in [6.07, 6.45) is 1.62. The Morgan fingerprint density at radius 3 is 2.60 bits per heavy atom. The van der Waals surface area contributed by atoms with Crippen LogP contribution >= 0.6 is 28.1 Å². The average Bonchev–Trinajstić information content (AvgIpc) is 2.43. The number of thiocarbonyl (C=S) groups is 1. The number of benzene rings is 2. The molecular weight excluding hydrogens is 341 g/mol. The van der Waals surface area contributed by atoms with Crippen LogP contribution in [0.5, 0.6) is 0 Å². The van der Waals surface area contributed by atoms with Gasteiger partial charge in [-0.15, -0.1) is 0 Å². The molecule has 0 bridgehead atoms. The van der Waals surface area contributed by atoms with Gasteiger partial charge >= 0.3 is 0 Å². The summed E-state index contributed by atoms with van der Waals surface area (Å²) >= 11 is 8.44. The number of para-hydroxylation sites is 1. The van der Waals surface area contributed by atoms with Crippen LogP contribution in [0.4, 0.5) is 10.1 Å². The lowest BCUT2D eigenvalue weighted by molar-refractivity contribution is 0.632. The number of rotatable bonds is 3. The molecule has 0 saturated carbocycles.